The fourth-order valence-corrected chi connectivity index (χ4v) is 1.61. The van der Waals surface area contributed by atoms with E-state index in [0.29, 0.717) is 4.47 Å². The summed E-state index contributed by atoms with van der Waals surface area (Å²) in [5.74, 6) is -1.14. The van der Waals surface area contributed by atoms with E-state index in [9.17, 15) is 4.79 Å². The van der Waals surface area contributed by atoms with Crippen molar-refractivity contribution >= 4 is 33.5 Å². The van der Waals surface area contributed by atoms with Crippen LogP contribution in [0.5, 0.6) is 0 Å². The minimum atomic E-state index is -1.14. The van der Waals surface area contributed by atoms with Crippen LogP contribution in [0, 0.1) is 11.3 Å². The third-order valence-electron chi connectivity index (χ3n) is 1.41. The van der Waals surface area contributed by atoms with Gasteiger partial charge < -0.3 is 5.11 Å². The van der Waals surface area contributed by atoms with Crippen LogP contribution in [0.15, 0.2) is 16.6 Å². The van der Waals surface area contributed by atoms with Gasteiger partial charge in [0, 0.05) is 4.47 Å². The summed E-state index contributed by atoms with van der Waals surface area (Å²) >= 11 is 8.72. The molecule has 0 saturated carbocycles. The van der Waals surface area contributed by atoms with Crippen LogP contribution < -0.4 is 0 Å². The van der Waals surface area contributed by atoms with Gasteiger partial charge in [0.2, 0.25) is 0 Å². The highest BCUT2D eigenvalue weighted by Gasteiger charge is 2.11. The Hall–Kier alpha value is -1.05. The minimum absolute atomic E-state index is 0.0681. The number of aromatic carboxylic acids is 1. The normalized spacial score (nSPS) is 9.31. The summed E-state index contributed by atoms with van der Waals surface area (Å²) in [4.78, 5) is 10.6. The number of carbonyl (C=O) groups is 1. The lowest BCUT2D eigenvalue weighted by molar-refractivity contribution is 0.0697. The van der Waals surface area contributed by atoms with Gasteiger partial charge in [-0.25, -0.2) is 4.79 Å². The molecule has 0 aromatic heterocycles. The van der Waals surface area contributed by atoms with Gasteiger partial charge in [-0.2, -0.15) is 5.26 Å². The molecular weight excluding hydrogens is 257 g/mol. The smallest absolute Gasteiger partial charge is 0.337 e. The number of carboxylic acid groups (broad SMARTS) is 1. The zero-order valence-electron chi connectivity index (χ0n) is 6.21. The van der Waals surface area contributed by atoms with Gasteiger partial charge in [0.1, 0.15) is 6.07 Å². The monoisotopic (exact) mass is 259 g/mol. The topological polar surface area (TPSA) is 61.1 Å². The molecule has 0 aliphatic rings. The lowest BCUT2D eigenvalue weighted by Crippen LogP contribution is -1.98. The minimum Gasteiger partial charge on any atom is -0.478 e. The molecule has 0 amide bonds. The average molecular weight is 260 g/mol. The van der Waals surface area contributed by atoms with Crippen LogP contribution in [0.2, 0.25) is 5.02 Å². The Morgan fingerprint density at radius 2 is 2.23 bits per heavy atom. The molecule has 0 saturated heterocycles. The van der Waals surface area contributed by atoms with E-state index in [4.69, 9.17) is 22.0 Å². The molecule has 1 aromatic carbocycles. The van der Waals surface area contributed by atoms with E-state index in [2.05, 4.69) is 15.9 Å². The molecule has 1 aromatic rings. The molecule has 0 bridgehead atoms. The van der Waals surface area contributed by atoms with Gasteiger partial charge in [0.05, 0.1) is 16.1 Å². The summed E-state index contributed by atoms with van der Waals surface area (Å²) in [6.45, 7) is 0. The molecular formula is C8H3BrClNO2. The Balaban J connectivity index is 3.41. The molecule has 0 fully saturated rings. The van der Waals surface area contributed by atoms with E-state index < -0.39 is 5.97 Å². The summed E-state index contributed by atoms with van der Waals surface area (Å²) in [7, 11) is 0. The van der Waals surface area contributed by atoms with E-state index in [1.807, 2.05) is 6.07 Å². The fraction of sp³-hybridized carbons (Fsp3) is 0. The summed E-state index contributed by atoms with van der Waals surface area (Å²) in [5.41, 5.74) is 0.184. The highest BCUT2D eigenvalue weighted by Crippen LogP contribution is 2.25. The number of nitrogens with zero attached hydrogens (tertiary/aromatic N) is 1. The van der Waals surface area contributed by atoms with Crippen molar-refractivity contribution in [2.24, 2.45) is 0 Å². The second-order valence-electron chi connectivity index (χ2n) is 2.23. The summed E-state index contributed by atoms with van der Waals surface area (Å²) in [5, 5.41) is 17.4. The molecule has 0 spiro atoms. The molecule has 0 aliphatic carbocycles. The fourth-order valence-electron chi connectivity index (χ4n) is 0.799. The molecule has 5 heteroatoms. The molecule has 1 N–H and O–H groups in total. The van der Waals surface area contributed by atoms with Gasteiger partial charge in [0.15, 0.2) is 0 Å². The number of halogens is 2. The molecule has 3 nitrogen and oxygen atoms in total. The first-order valence-electron chi connectivity index (χ1n) is 3.18. The molecule has 1 rings (SSSR count). The Morgan fingerprint density at radius 3 is 2.69 bits per heavy atom. The number of hydrogen-bond donors (Lipinski definition) is 1. The molecule has 13 heavy (non-hydrogen) atoms. The zero-order valence-corrected chi connectivity index (χ0v) is 8.56. The molecule has 66 valence electrons. The maximum atomic E-state index is 10.6. The Kier molecular flexibility index (Phi) is 2.91. The number of carboxylic acids is 1. The van der Waals surface area contributed by atoms with Crippen molar-refractivity contribution in [2.75, 3.05) is 0 Å². The average Bonchev–Trinajstić information content (AvgIpc) is 2.03. The van der Waals surface area contributed by atoms with Gasteiger partial charge in [-0.1, -0.05) is 11.6 Å². The van der Waals surface area contributed by atoms with Crippen molar-refractivity contribution in [3.63, 3.8) is 0 Å². The first-order chi connectivity index (χ1) is 6.06. The maximum absolute atomic E-state index is 10.6. The first kappa shape index (κ1) is 10.0. The molecule has 0 radical (unpaired) electrons. The lowest BCUT2D eigenvalue weighted by atomic mass is 10.1. The Labute approximate surface area is 87.7 Å². The van der Waals surface area contributed by atoms with E-state index in [1.165, 1.54) is 12.1 Å². The van der Waals surface area contributed by atoms with Gasteiger partial charge in [-0.05, 0) is 28.1 Å². The second kappa shape index (κ2) is 3.77. The second-order valence-corrected chi connectivity index (χ2v) is 3.49. The number of benzene rings is 1. The van der Waals surface area contributed by atoms with Gasteiger partial charge >= 0.3 is 5.97 Å². The van der Waals surface area contributed by atoms with Crippen LogP contribution in [-0.4, -0.2) is 11.1 Å². The highest BCUT2D eigenvalue weighted by atomic mass is 79.9. The van der Waals surface area contributed by atoms with E-state index in [0.717, 1.165) is 0 Å². The summed E-state index contributed by atoms with van der Waals surface area (Å²) in [6, 6.07) is 4.47. The number of rotatable bonds is 1. The molecule has 0 unspecified atom stereocenters. The van der Waals surface area contributed by atoms with E-state index >= 15 is 0 Å². The quantitative estimate of drug-likeness (QED) is 0.844. The van der Waals surface area contributed by atoms with Crippen LogP contribution in [0.1, 0.15) is 15.9 Å². The van der Waals surface area contributed by atoms with Crippen molar-refractivity contribution in [3.8, 4) is 6.07 Å². The predicted octanol–water partition coefficient (Wildman–Crippen LogP) is 2.67. The first-order valence-corrected chi connectivity index (χ1v) is 4.35. The van der Waals surface area contributed by atoms with Crippen LogP contribution in [0.3, 0.4) is 0 Å². The van der Waals surface area contributed by atoms with Crippen LogP contribution in [0.4, 0.5) is 0 Å². The van der Waals surface area contributed by atoms with Gasteiger partial charge in [-0.15, -0.1) is 0 Å². The predicted molar refractivity (Wildman–Crippen MR) is 50.8 cm³/mol. The van der Waals surface area contributed by atoms with Crippen LogP contribution in [-0.2, 0) is 0 Å². The Morgan fingerprint density at radius 1 is 1.62 bits per heavy atom. The van der Waals surface area contributed by atoms with Crippen molar-refractivity contribution in [1.82, 2.24) is 0 Å². The SMILES string of the molecule is N#Cc1cc(C(=O)O)c(Cl)cc1Br. The largest absolute Gasteiger partial charge is 0.478 e. The van der Waals surface area contributed by atoms with Gasteiger partial charge in [-0.3, -0.25) is 0 Å². The van der Waals surface area contributed by atoms with Crippen LogP contribution in [0.25, 0.3) is 0 Å². The number of nitriles is 1. The Bertz CT molecular complexity index is 411. The summed E-state index contributed by atoms with van der Waals surface area (Å²) in [6.07, 6.45) is 0. The highest BCUT2D eigenvalue weighted by molar-refractivity contribution is 9.10. The molecule has 0 atom stereocenters. The lowest BCUT2D eigenvalue weighted by Gasteiger charge is -2.00. The summed E-state index contributed by atoms with van der Waals surface area (Å²) < 4.78 is 0.491. The van der Waals surface area contributed by atoms with E-state index in [1.54, 1.807) is 0 Å². The molecule has 0 aliphatic heterocycles. The van der Waals surface area contributed by atoms with Crippen LogP contribution >= 0.6 is 27.5 Å². The molecule has 0 heterocycles. The van der Waals surface area contributed by atoms with Gasteiger partial charge in [0.25, 0.3) is 0 Å². The van der Waals surface area contributed by atoms with Crippen molar-refractivity contribution < 1.29 is 9.90 Å². The van der Waals surface area contributed by atoms with Crippen molar-refractivity contribution in [1.29, 1.82) is 5.26 Å². The maximum Gasteiger partial charge on any atom is 0.337 e. The zero-order chi connectivity index (χ0) is 10.0. The standard InChI is InChI=1S/C8H3BrClNO2/c9-6-2-7(10)5(8(12)13)1-4(6)3-11/h1-2H,(H,12,13). The van der Waals surface area contributed by atoms with Crippen molar-refractivity contribution in [2.45, 2.75) is 0 Å². The van der Waals surface area contributed by atoms with Crippen molar-refractivity contribution in [3.05, 3.63) is 32.8 Å². The third-order valence-corrected chi connectivity index (χ3v) is 2.38. The number of hydrogen-bond acceptors (Lipinski definition) is 2. The third kappa shape index (κ3) is 2.00. The van der Waals surface area contributed by atoms with E-state index in [-0.39, 0.29) is 16.1 Å².